The van der Waals surface area contributed by atoms with Gasteiger partial charge < -0.3 is 43.7 Å². The lowest BCUT2D eigenvalue weighted by Crippen LogP contribution is -2.49. The van der Waals surface area contributed by atoms with Gasteiger partial charge in [0.05, 0.1) is 12.6 Å². The number of nitrogens with two attached hydrogens (primary N) is 4. The highest BCUT2D eigenvalue weighted by atomic mass is 16.2. The van der Waals surface area contributed by atoms with Crippen molar-refractivity contribution in [3.05, 3.63) is 0 Å². The Labute approximate surface area is 169 Å². The molecule has 0 rings (SSSR count). The molecule has 0 saturated heterocycles. The van der Waals surface area contributed by atoms with Crippen molar-refractivity contribution in [2.24, 2.45) is 32.9 Å². The van der Waals surface area contributed by atoms with Crippen LogP contribution in [0.25, 0.3) is 0 Å². The first-order valence-corrected chi connectivity index (χ1v) is 9.06. The van der Waals surface area contributed by atoms with E-state index in [9.17, 15) is 19.2 Å². The fourth-order valence-electron chi connectivity index (χ4n) is 2.26. The molecule has 0 aromatic carbocycles. The summed E-state index contributed by atoms with van der Waals surface area (Å²) < 4.78 is 0. The predicted molar refractivity (Wildman–Crippen MR) is 108 cm³/mol. The summed E-state index contributed by atoms with van der Waals surface area (Å²) in [7, 11) is 0. The van der Waals surface area contributed by atoms with Crippen LogP contribution in [0.15, 0.2) is 9.98 Å². The smallest absolute Gasteiger partial charge is 0.243 e. The minimum Gasteiger partial charge on any atom is -0.370 e. The molecule has 0 aromatic rings. The number of hydrogen-bond acceptors (Lipinski definition) is 6. The molecule has 0 heterocycles. The lowest BCUT2D eigenvalue weighted by Gasteiger charge is -2.18. The van der Waals surface area contributed by atoms with Crippen molar-refractivity contribution in [1.29, 1.82) is 0 Å². The Balaban J connectivity index is 4.45. The van der Waals surface area contributed by atoms with Crippen LogP contribution in [0.2, 0.25) is 0 Å². The number of guanidine groups is 2. The first-order chi connectivity index (χ1) is 13.6. The van der Waals surface area contributed by atoms with Gasteiger partial charge >= 0.3 is 0 Å². The zero-order valence-electron chi connectivity index (χ0n) is 16.5. The zero-order chi connectivity index (χ0) is 22.2. The Kier molecular flexibility index (Phi) is 12.9. The fraction of sp³-hybridized carbons (Fsp3) is 0.625. The second-order valence-electron chi connectivity index (χ2n) is 6.18. The van der Waals surface area contributed by atoms with E-state index in [4.69, 9.17) is 22.9 Å². The van der Waals surface area contributed by atoms with Gasteiger partial charge in [-0.15, -0.1) is 0 Å². The number of aliphatic imine (C=N–C) groups is 2. The zero-order valence-corrected chi connectivity index (χ0v) is 16.5. The molecule has 0 aliphatic heterocycles. The molecule has 3 amide bonds. The summed E-state index contributed by atoms with van der Waals surface area (Å²) >= 11 is 0. The Morgan fingerprint density at radius 3 is 1.97 bits per heavy atom. The maximum absolute atomic E-state index is 12.2. The van der Waals surface area contributed by atoms with Crippen molar-refractivity contribution in [1.82, 2.24) is 16.0 Å². The van der Waals surface area contributed by atoms with Gasteiger partial charge in [-0.05, 0) is 25.7 Å². The summed E-state index contributed by atoms with van der Waals surface area (Å²) in [4.78, 5) is 54.1. The Bertz CT molecular complexity index is 614. The highest BCUT2D eigenvalue weighted by molar-refractivity contribution is 5.90. The largest absolute Gasteiger partial charge is 0.370 e. The topological polar surface area (TPSA) is 233 Å². The third-order valence-electron chi connectivity index (χ3n) is 3.54. The number of aldehydes is 1. The number of hydrogen-bond donors (Lipinski definition) is 7. The molecule has 0 bridgehead atoms. The van der Waals surface area contributed by atoms with E-state index in [0.717, 1.165) is 0 Å². The van der Waals surface area contributed by atoms with Crippen molar-refractivity contribution < 1.29 is 19.2 Å². The molecule has 29 heavy (non-hydrogen) atoms. The predicted octanol–water partition coefficient (Wildman–Crippen LogP) is -3.60. The SMILES string of the molecule is CC(=O)N[C@H](CCCN=C(N)N)C(=O)NCC(=O)N[C@H](C=O)CCCN=C(N)N. The van der Waals surface area contributed by atoms with Crippen LogP contribution in [0.4, 0.5) is 0 Å². The van der Waals surface area contributed by atoms with Gasteiger partial charge in [0.1, 0.15) is 12.3 Å². The van der Waals surface area contributed by atoms with Crippen LogP contribution in [-0.2, 0) is 19.2 Å². The van der Waals surface area contributed by atoms with Crippen LogP contribution >= 0.6 is 0 Å². The van der Waals surface area contributed by atoms with Gasteiger partial charge in [0.2, 0.25) is 17.7 Å². The van der Waals surface area contributed by atoms with E-state index in [1.807, 2.05) is 0 Å². The van der Waals surface area contributed by atoms with Gasteiger partial charge in [-0.1, -0.05) is 0 Å². The van der Waals surface area contributed by atoms with Crippen molar-refractivity contribution in [2.45, 2.75) is 44.7 Å². The second-order valence-corrected chi connectivity index (χ2v) is 6.18. The lowest BCUT2D eigenvalue weighted by atomic mass is 10.1. The minimum absolute atomic E-state index is 0.0496. The average Bonchev–Trinajstić information content (AvgIpc) is 2.63. The average molecular weight is 413 g/mol. The van der Waals surface area contributed by atoms with E-state index in [-0.39, 0.29) is 24.9 Å². The third kappa shape index (κ3) is 14.4. The number of nitrogens with one attached hydrogen (secondary N) is 3. The summed E-state index contributed by atoms with van der Waals surface area (Å²) in [5, 5.41) is 7.42. The summed E-state index contributed by atoms with van der Waals surface area (Å²) in [6.07, 6.45) is 2.17. The van der Waals surface area contributed by atoms with Crippen molar-refractivity contribution in [3.63, 3.8) is 0 Å². The van der Waals surface area contributed by atoms with E-state index in [1.54, 1.807) is 0 Å². The van der Waals surface area contributed by atoms with Crippen LogP contribution in [0, 0.1) is 0 Å². The molecule has 13 heteroatoms. The molecule has 164 valence electrons. The third-order valence-corrected chi connectivity index (χ3v) is 3.54. The normalized spacial score (nSPS) is 12.0. The molecule has 2 atom stereocenters. The van der Waals surface area contributed by atoms with E-state index >= 15 is 0 Å². The van der Waals surface area contributed by atoms with Crippen LogP contribution < -0.4 is 38.9 Å². The highest BCUT2D eigenvalue weighted by Gasteiger charge is 2.20. The van der Waals surface area contributed by atoms with Crippen LogP contribution in [0.5, 0.6) is 0 Å². The monoisotopic (exact) mass is 413 g/mol. The molecule has 0 aliphatic rings. The first kappa shape index (κ1) is 25.6. The molecular weight excluding hydrogens is 382 g/mol. The Hall–Kier alpha value is -3.38. The van der Waals surface area contributed by atoms with E-state index in [2.05, 4.69) is 25.9 Å². The quantitative estimate of drug-likeness (QED) is 0.0648. The second kappa shape index (κ2) is 14.6. The Morgan fingerprint density at radius 2 is 1.48 bits per heavy atom. The first-order valence-electron chi connectivity index (χ1n) is 9.06. The molecule has 0 unspecified atom stereocenters. The van der Waals surface area contributed by atoms with E-state index < -0.39 is 29.8 Å². The van der Waals surface area contributed by atoms with E-state index in [0.29, 0.717) is 38.6 Å². The number of carbonyl (C=O) groups excluding carboxylic acids is 4. The summed E-state index contributed by atoms with van der Waals surface area (Å²) in [5.74, 6) is -1.58. The number of nitrogens with zero attached hydrogens (tertiary/aromatic N) is 2. The molecule has 0 spiro atoms. The molecule has 13 nitrogen and oxygen atoms in total. The van der Waals surface area contributed by atoms with Gasteiger partial charge in [-0.3, -0.25) is 24.4 Å². The molecule has 0 aliphatic carbocycles. The van der Waals surface area contributed by atoms with Crippen molar-refractivity contribution in [3.8, 4) is 0 Å². The summed E-state index contributed by atoms with van der Waals surface area (Å²) in [6.45, 7) is 1.56. The molecule has 0 radical (unpaired) electrons. The molecule has 11 N–H and O–H groups in total. The Morgan fingerprint density at radius 1 is 0.931 bits per heavy atom. The minimum atomic E-state index is -0.837. The maximum atomic E-state index is 12.2. The van der Waals surface area contributed by atoms with Crippen LogP contribution in [0.3, 0.4) is 0 Å². The van der Waals surface area contributed by atoms with Crippen molar-refractivity contribution >= 4 is 35.9 Å². The summed E-state index contributed by atoms with van der Waals surface area (Å²) in [5.41, 5.74) is 20.9. The number of rotatable bonds is 14. The van der Waals surface area contributed by atoms with Crippen molar-refractivity contribution in [2.75, 3.05) is 19.6 Å². The summed E-state index contributed by atoms with van der Waals surface area (Å²) in [6, 6.07) is -1.56. The van der Waals surface area contributed by atoms with Gasteiger partial charge in [-0.25, -0.2) is 0 Å². The van der Waals surface area contributed by atoms with E-state index in [1.165, 1.54) is 6.92 Å². The standard InChI is InChI=1S/C16H31N9O4/c1-10(27)24-12(5-3-7-22-16(19)20)14(29)23-8-13(28)25-11(9-26)4-2-6-21-15(17)18/h9,11-12H,2-8H2,1H3,(H,23,29)(H,24,27)(H,25,28)(H4,17,18,21)(H4,19,20,22)/t11-,12+/m0/s1. The van der Waals surface area contributed by atoms with Gasteiger partial charge in [0, 0.05) is 20.0 Å². The molecule has 0 saturated carbocycles. The van der Waals surface area contributed by atoms with Gasteiger partial charge in [-0.2, -0.15) is 0 Å². The van der Waals surface area contributed by atoms with Crippen LogP contribution in [-0.4, -0.2) is 67.6 Å². The maximum Gasteiger partial charge on any atom is 0.243 e. The highest BCUT2D eigenvalue weighted by Crippen LogP contribution is 1.99. The molecule has 0 aromatic heterocycles. The number of carbonyl (C=O) groups is 4. The lowest BCUT2D eigenvalue weighted by molar-refractivity contribution is -0.130. The molecular formula is C16H31N9O4. The fourth-order valence-corrected chi connectivity index (χ4v) is 2.26. The number of amides is 3. The van der Waals surface area contributed by atoms with Gasteiger partial charge in [0.15, 0.2) is 11.9 Å². The van der Waals surface area contributed by atoms with Crippen LogP contribution in [0.1, 0.15) is 32.6 Å². The molecule has 0 fully saturated rings. The van der Waals surface area contributed by atoms with Gasteiger partial charge in [0.25, 0.3) is 0 Å².